The van der Waals surface area contributed by atoms with Gasteiger partial charge >= 0.3 is 0 Å². The number of fused-ring (bicyclic) bond motifs is 1. The fraction of sp³-hybridized carbons (Fsp3) is 0.167. The molecule has 0 spiro atoms. The van der Waals surface area contributed by atoms with Crippen molar-refractivity contribution in [1.82, 2.24) is 0 Å². The molecule has 2 fully saturated rings. The molecule has 0 saturated carbocycles. The fourth-order valence-electron chi connectivity index (χ4n) is 4.42. The molecule has 3 aromatic rings. The van der Waals surface area contributed by atoms with Gasteiger partial charge in [0.15, 0.2) is 17.6 Å². The van der Waals surface area contributed by atoms with Crippen molar-refractivity contribution in [3.8, 4) is 11.5 Å². The second-order valence-electron chi connectivity index (χ2n) is 8.02. The van der Waals surface area contributed by atoms with E-state index in [9.17, 15) is 24.8 Å². The number of imide groups is 1. The van der Waals surface area contributed by atoms with Crippen LogP contribution in [0, 0.1) is 16.0 Å². The van der Waals surface area contributed by atoms with Gasteiger partial charge in [-0.05, 0) is 54.1 Å². The standard InChI is InChI=1S/C24H18ClN3O7/c1-34-19-12-13(2-11-18(19)29)21-20-22(35-27(21)16-7-9-17(10-8-16)28(32)33)24(31)26(23(20)30)15-5-3-14(25)4-6-15/h2-12,20-22,29H,1H3/t20-,21-,22-/m1/s1. The van der Waals surface area contributed by atoms with Crippen LogP contribution in [0.3, 0.4) is 0 Å². The predicted molar refractivity (Wildman–Crippen MR) is 125 cm³/mol. The van der Waals surface area contributed by atoms with Gasteiger partial charge in [-0.2, -0.15) is 0 Å². The van der Waals surface area contributed by atoms with Gasteiger partial charge in [0.25, 0.3) is 11.6 Å². The summed E-state index contributed by atoms with van der Waals surface area (Å²) >= 11 is 5.95. The van der Waals surface area contributed by atoms with E-state index in [1.54, 1.807) is 36.4 Å². The summed E-state index contributed by atoms with van der Waals surface area (Å²) in [5.41, 5.74) is 1.22. The molecule has 2 amide bonds. The van der Waals surface area contributed by atoms with Crippen LogP contribution in [0.15, 0.2) is 66.7 Å². The van der Waals surface area contributed by atoms with Crippen LogP contribution in [0.25, 0.3) is 0 Å². The first-order chi connectivity index (χ1) is 16.8. The van der Waals surface area contributed by atoms with E-state index in [1.807, 2.05) is 0 Å². The van der Waals surface area contributed by atoms with Crippen LogP contribution in [0.5, 0.6) is 11.5 Å². The summed E-state index contributed by atoms with van der Waals surface area (Å²) in [6.45, 7) is 0. The van der Waals surface area contributed by atoms with Crippen molar-refractivity contribution in [1.29, 1.82) is 0 Å². The number of ether oxygens (including phenoxy) is 1. The molecule has 0 aliphatic carbocycles. The number of halogens is 1. The number of methoxy groups -OCH3 is 1. The average Bonchev–Trinajstić information content (AvgIpc) is 3.36. The van der Waals surface area contributed by atoms with Crippen molar-refractivity contribution >= 4 is 40.5 Å². The summed E-state index contributed by atoms with van der Waals surface area (Å²) in [5, 5.41) is 23.0. The monoisotopic (exact) mass is 495 g/mol. The van der Waals surface area contributed by atoms with Gasteiger partial charge in [0.2, 0.25) is 5.91 Å². The van der Waals surface area contributed by atoms with E-state index in [4.69, 9.17) is 21.2 Å². The largest absolute Gasteiger partial charge is 0.504 e. The number of rotatable bonds is 5. The highest BCUT2D eigenvalue weighted by atomic mass is 35.5. The Morgan fingerprint density at radius 1 is 1.00 bits per heavy atom. The number of nitro benzene ring substituents is 1. The van der Waals surface area contributed by atoms with Gasteiger partial charge in [0.05, 0.1) is 29.4 Å². The first-order valence-corrected chi connectivity index (χ1v) is 10.9. The number of carbonyl (C=O) groups excluding carboxylic acids is 2. The number of nitrogens with zero attached hydrogens (tertiary/aromatic N) is 3. The van der Waals surface area contributed by atoms with Gasteiger partial charge in [-0.1, -0.05) is 17.7 Å². The van der Waals surface area contributed by atoms with Crippen molar-refractivity contribution in [2.45, 2.75) is 12.1 Å². The Bertz CT molecular complexity index is 1330. The van der Waals surface area contributed by atoms with Gasteiger partial charge in [-0.25, -0.2) is 9.96 Å². The summed E-state index contributed by atoms with van der Waals surface area (Å²) < 4.78 is 5.23. The average molecular weight is 496 g/mol. The summed E-state index contributed by atoms with van der Waals surface area (Å²) in [6.07, 6.45) is -1.13. The zero-order chi connectivity index (χ0) is 24.9. The van der Waals surface area contributed by atoms with Crippen LogP contribution in [0.4, 0.5) is 17.1 Å². The van der Waals surface area contributed by atoms with Crippen molar-refractivity contribution in [3.63, 3.8) is 0 Å². The number of carbonyl (C=O) groups is 2. The molecule has 178 valence electrons. The van der Waals surface area contributed by atoms with Crippen LogP contribution in [0.1, 0.15) is 11.6 Å². The van der Waals surface area contributed by atoms with E-state index >= 15 is 0 Å². The van der Waals surface area contributed by atoms with Crippen molar-refractivity contribution in [2.75, 3.05) is 17.1 Å². The summed E-state index contributed by atoms with van der Waals surface area (Å²) in [5.74, 6) is -1.85. The molecule has 35 heavy (non-hydrogen) atoms. The topological polar surface area (TPSA) is 122 Å². The normalized spacial score (nSPS) is 21.4. The van der Waals surface area contributed by atoms with E-state index in [-0.39, 0.29) is 17.2 Å². The number of hydrogen-bond acceptors (Lipinski definition) is 8. The van der Waals surface area contributed by atoms with Crippen molar-refractivity contribution in [3.05, 3.63) is 87.4 Å². The molecule has 5 rings (SSSR count). The fourth-order valence-corrected chi connectivity index (χ4v) is 4.55. The molecular weight excluding hydrogens is 478 g/mol. The molecule has 0 unspecified atom stereocenters. The second-order valence-corrected chi connectivity index (χ2v) is 8.45. The molecule has 2 heterocycles. The Morgan fingerprint density at radius 3 is 2.29 bits per heavy atom. The first-order valence-electron chi connectivity index (χ1n) is 10.5. The van der Waals surface area contributed by atoms with Crippen LogP contribution >= 0.6 is 11.6 Å². The third kappa shape index (κ3) is 3.72. The van der Waals surface area contributed by atoms with Gasteiger partial charge in [0, 0.05) is 17.2 Å². The molecule has 2 aliphatic rings. The zero-order valence-electron chi connectivity index (χ0n) is 18.2. The van der Waals surface area contributed by atoms with Gasteiger partial charge in [0.1, 0.15) is 5.92 Å². The first kappa shape index (κ1) is 22.6. The van der Waals surface area contributed by atoms with Crippen LogP contribution in [-0.4, -0.2) is 35.1 Å². The van der Waals surface area contributed by atoms with E-state index in [2.05, 4.69) is 0 Å². The minimum Gasteiger partial charge on any atom is -0.504 e. The quantitative estimate of drug-likeness (QED) is 0.320. The van der Waals surface area contributed by atoms with Crippen molar-refractivity contribution < 1.29 is 29.2 Å². The molecule has 3 atom stereocenters. The number of benzene rings is 3. The zero-order valence-corrected chi connectivity index (χ0v) is 19.0. The number of aromatic hydroxyl groups is 1. The number of phenolic OH excluding ortho intramolecular Hbond substituents is 1. The van der Waals surface area contributed by atoms with E-state index < -0.39 is 34.8 Å². The van der Waals surface area contributed by atoms with Crippen molar-refractivity contribution in [2.24, 2.45) is 5.92 Å². The maximum Gasteiger partial charge on any atom is 0.269 e. The van der Waals surface area contributed by atoms with Gasteiger partial charge in [-0.3, -0.25) is 24.5 Å². The summed E-state index contributed by atoms with van der Waals surface area (Å²) in [7, 11) is 1.40. The second kappa shape index (κ2) is 8.57. The van der Waals surface area contributed by atoms with E-state index in [0.717, 1.165) is 4.90 Å². The Hall–Kier alpha value is -4.15. The van der Waals surface area contributed by atoms with Gasteiger partial charge < -0.3 is 9.84 Å². The van der Waals surface area contributed by atoms with E-state index in [1.165, 1.54) is 42.5 Å². The lowest BCUT2D eigenvalue weighted by molar-refractivity contribution is -0.384. The lowest BCUT2D eigenvalue weighted by Gasteiger charge is -2.29. The highest BCUT2D eigenvalue weighted by Crippen LogP contribution is 2.48. The smallest absolute Gasteiger partial charge is 0.269 e. The number of hydroxylamine groups is 1. The maximum atomic E-state index is 13.6. The third-order valence-electron chi connectivity index (χ3n) is 6.06. The highest BCUT2D eigenvalue weighted by molar-refractivity contribution is 6.31. The predicted octanol–water partition coefficient (Wildman–Crippen LogP) is 4.01. The lowest BCUT2D eigenvalue weighted by atomic mass is 9.90. The molecule has 11 heteroatoms. The number of nitro groups is 1. The van der Waals surface area contributed by atoms with Crippen LogP contribution < -0.4 is 14.7 Å². The maximum absolute atomic E-state index is 13.6. The Morgan fingerprint density at radius 2 is 1.66 bits per heavy atom. The molecule has 0 aromatic heterocycles. The molecular formula is C24H18ClN3O7. The highest BCUT2D eigenvalue weighted by Gasteiger charge is 2.60. The van der Waals surface area contributed by atoms with E-state index in [0.29, 0.717) is 22.0 Å². The Kier molecular flexibility index (Phi) is 5.54. The van der Waals surface area contributed by atoms with Gasteiger partial charge in [-0.15, -0.1) is 0 Å². The number of phenols is 1. The number of anilines is 2. The number of amides is 2. The SMILES string of the molecule is COc1cc([C@@H]2[C@H]3C(=O)N(c4ccc(Cl)cc4)C(=O)[C@@H]3ON2c2ccc([N+](=O)[O-])cc2)ccc1O. The number of non-ortho nitro benzene ring substituents is 1. The Balaban J connectivity index is 1.59. The molecule has 1 N–H and O–H groups in total. The van der Waals surface area contributed by atoms with Crippen LogP contribution in [0.2, 0.25) is 5.02 Å². The molecule has 2 aliphatic heterocycles. The minimum absolute atomic E-state index is 0.0924. The molecule has 10 nitrogen and oxygen atoms in total. The lowest BCUT2D eigenvalue weighted by Crippen LogP contribution is -2.37. The minimum atomic E-state index is -1.13. The summed E-state index contributed by atoms with van der Waals surface area (Å²) in [6, 6.07) is 15.7. The van der Waals surface area contributed by atoms with Crippen LogP contribution in [-0.2, 0) is 14.4 Å². The number of hydrogen-bond donors (Lipinski definition) is 1. The molecule has 2 saturated heterocycles. The third-order valence-corrected chi connectivity index (χ3v) is 6.31. The molecule has 3 aromatic carbocycles. The molecule has 0 radical (unpaired) electrons. The summed E-state index contributed by atoms with van der Waals surface area (Å²) in [4.78, 5) is 44.6. The Labute approximate surface area is 203 Å². The molecule has 0 bridgehead atoms.